The standard InChI is InChI=1S/C21H18F2N2O2S/c1-28-12-14-4-2-5-16-17(11-25-20(14)16)15(6-3-9-24)13-7-8-18-19(10-13)27-21(22,23)26-18/h2,4-5,7-8,10-11,15,25H,3,6,12H2,1H3. The van der Waals surface area contributed by atoms with E-state index in [-0.39, 0.29) is 17.4 Å². The van der Waals surface area contributed by atoms with Crippen molar-refractivity contribution in [3.05, 3.63) is 59.3 Å². The maximum atomic E-state index is 13.4. The third-order valence-corrected chi connectivity index (χ3v) is 5.48. The van der Waals surface area contributed by atoms with E-state index in [2.05, 4.69) is 32.8 Å². The highest BCUT2D eigenvalue weighted by Crippen LogP contribution is 2.44. The van der Waals surface area contributed by atoms with Crippen LogP contribution in [-0.4, -0.2) is 17.5 Å². The molecule has 4 rings (SSSR count). The number of ether oxygens (including phenoxy) is 2. The first kappa shape index (κ1) is 18.6. The minimum absolute atomic E-state index is 0.0207. The van der Waals surface area contributed by atoms with E-state index in [1.165, 1.54) is 11.6 Å². The number of halogens is 2. The van der Waals surface area contributed by atoms with Crippen molar-refractivity contribution < 1.29 is 18.3 Å². The second-order valence-electron chi connectivity index (χ2n) is 6.64. The maximum Gasteiger partial charge on any atom is 0.586 e. The molecule has 1 aliphatic rings. The van der Waals surface area contributed by atoms with E-state index in [4.69, 9.17) is 5.26 Å². The molecule has 1 N–H and O–H groups in total. The first-order valence-electron chi connectivity index (χ1n) is 8.87. The first-order chi connectivity index (χ1) is 13.5. The molecule has 0 radical (unpaired) electrons. The van der Waals surface area contributed by atoms with E-state index in [9.17, 15) is 8.78 Å². The maximum absolute atomic E-state index is 13.4. The lowest BCUT2D eigenvalue weighted by atomic mass is 9.87. The molecule has 1 aromatic heterocycles. The number of rotatable bonds is 6. The van der Waals surface area contributed by atoms with Crippen LogP contribution in [0, 0.1) is 11.3 Å². The van der Waals surface area contributed by atoms with Gasteiger partial charge in [-0.25, -0.2) is 0 Å². The summed E-state index contributed by atoms with van der Waals surface area (Å²) in [5.41, 5.74) is 4.13. The number of hydrogen-bond acceptors (Lipinski definition) is 4. The zero-order chi connectivity index (χ0) is 19.7. The van der Waals surface area contributed by atoms with Crippen LogP contribution in [0.5, 0.6) is 11.5 Å². The van der Waals surface area contributed by atoms with Gasteiger partial charge in [0.05, 0.1) is 6.07 Å². The van der Waals surface area contributed by atoms with Crippen molar-refractivity contribution in [2.24, 2.45) is 0 Å². The van der Waals surface area contributed by atoms with Crippen molar-refractivity contribution in [3.8, 4) is 17.6 Å². The highest BCUT2D eigenvalue weighted by atomic mass is 32.2. The van der Waals surface area contributed by atoms with E-state index in [1.807, 2.05) is 18.3 Å². The lowest BCUT2D eigenvalue weighted by molar-refractivity contribution is -0.286. The summed E-state index contributed by atoms with van der Waals surface area (Å²) in [5.74, 6) is 0.807. The molecule has 0 fully saturated rings. The zero-order valence-electron chi connectivity index (χ0n) is 15.2. The molecule has 0 saturated heterocycles. The van der Waals surface area contributed by atoms with Gasteiger partial charge in [0.1, 0.15) is 0 Å². The quantitative estimate of drug-likeness (QED) is 0.569. The molecule has 7 heteroatoms. The number of para-hydroxylation sites is 1. The molecule has 0 amide bonds. The van der Waals surface area contributed by atoms with Crippen LogP contribution in [0.1, 0.15) is 35.4 Å². The largest absolute Gasteiger partial charge is 0.586 e. The molecule has 3 aromatic rings. The van der Waals surface area contributed by atoms with Crippen molar-refractivity contribution >= 4 is 22.7 Å². The second kappa shape index (κ2) is 7.36. The van der Waals surface area contributed by atoms with Crippen LogP contribution in [0.4, 0.5) is 8.78 Å². The molecule has 1 unspecified atom stereocenters. The number of aromatic amines is 1. The molecule has 1 aliphatic heterocycles. The van der Waals surface area contributed by atoms with Crippen LogP contribution in [0.25, 0.3) is 10.9 Å². The van der Waals surface area contributed by atoms with Gasteiger partial charge >= 0.3 is 6.29 Å². The highest BCUT2D eigenvalue weighted by molar-refractivity contribution is 7.97. The Morgan fingerprint density at radius 3 is 2.82 bits per heavy atom. The van der Waals surface area contributed by atoms with Gasteiger partial charge in [-0.05, 0) is 41.5 Å². The molecule has 0 aliphatic carbocycles. The molecule has 4 nitrogen and oxygen atoms in total. The predicted octanol–water partition coefficient (Wildman–Crippen LogP) is 5.79. The van der Waals surface area contributed by atoms with Gasteiger partial charge in [-0.3, -0.25) is 0 Å². The van der Waals surface area contributed by atoms with Crippen molar-refractivity contribution in [1.29, 1.82) is 5.26 Å². The third-order valence-electron chi connectivity index (χ3n) is 4.88. The Labute approximate surface area is 165 Å². The topological polar surface area (TPSA) is 58.0 Å². The van der Waals surface area contributed by atoms with Crippen LogP contribution >= 0.6 is 11.8 Å². The fraction of sp³-hybridized carbons (Fsp3) is 0.286. The number of benzene rings is 2. The molecule has 0 bridgehead atoms. The summed E-state index contributed by atoms with van der Waals surface area (Å²) in [6.07, 6.45) is 1.30. The van der Waals surface area contributed by atoms with Crippen molar-refractivity contribution in [3.63, 3.8) is 0 Å². The Kier molecular flexibility index (Phi) is 4.90. The van der Waals surface area contributed by atoms with E-state index >= 15 is 0 Å². The summed E-state index contributed by atoms with van der Waals surface area (Å²) in [4.78, 5) is 3.36. The van der Waals surface area contributed by atoms with Gasteiger partial charge in [-0.2, -0.15) is 17.0 Å². The molecule has 1 atom stereocenters. The first-order valence-corrected chi connectivity index (χ1v) is 10.3. The molecule has 2 heterocycles. The van der Waals surface area contributed by atoms with Crippen LogP contribution in [0.15, 0.2) is 42.6 Å². The summed E-state index contributed by atoms with van der Waals surface area (Å²) < 4.78 is 35.9. The van der Waals surface area contributed by atoms with Crippen molar-refractivity contribution in [2.45, 2.75) is 30.8 Å². The number of hydrogen-bond donors (Lipinski definition) is 1. The second-order valence-corrected chi connectivity index (χ2v) is 7.51. The van der Waals surface area contributed by atoms with Crippen LogP contribution in [-0.2, 0) is 5.75 Å². The van der Waals surface area contributed by atoms with Crippen molar-refractivity contribution in [2.75, 3.05) is 6.26 Å². The SMILES string of the molecule is CSCc1cccc2c(C(CCC#N)c3ccc4c(c3)OC(F)(F)O4)c[nH]c12. The number of thioether (sulfide) groups is 1. The molecule has 28 heavy (non-hydrogen) atoms. The molecule has 0 saturated carbocycles. The highest BCUT2D eigenvalue weighted by Gasteiger charge is 2.43. The third kappa shape index (κ3) is 3.40. The fourth-order valence-corrected chi connectivity index (χ4v) is 4.25. The molecule has 144 valence electrons. The minimum atomic E-state index is -3.64. The van der Waals surface area contributed by atoms with Crippen molar-refractivity contribution in [1.82, 2.24) is 4.98 Å². The number of nitriles is 1. The summed E-state index contributed by atoms with van der Waals surface area (Å²) in [7, 11) is 0. The van der Waals surface area contributed by atoms with Gasteiger partial charge in [0.2, 0.25) is 0 Å². The van der Waals surface area contributed by atoms with Crippen LogP contribution in [0.3, 0.4) is 0 Å². The van der Waals surface area contributed by atoms with Gasteiger partial charge in [0.15, 0.2) is 11.5 Å². The smallest absolute Gasteiger partial charge is 0.395 e. The summed E-state index contributed by atoms with van der Waals surface area (Å²) in [6, 6.07) is 13.2. The van der Waals surface area contributed by atoms with Gasteiger partial charge < -0.3 is 14.5 Å². The number of fused-ring (bicyclic) bond motifs is 2. The number of H-pyrrole nitrogens is 1. The van der Waals surface area contributed by atoms with E-state index < -0.39 is 6.29 Å². The molecule has 2 aromatic carbocycles. The fourth-order valence-electron chi connectivity index (χ4n) is 3.70. The zero-order valence-corrected chi connectivity index (χ0v) is 16.0. The van der Waals surface area contributed by atoms with E-state index in [0.717, 1.165) is 27.8 Å². The summed E-state index contributed by atoms with van der Waals surface area (Å²) in [5, 5.41) is 10.2. The lowest BCUT2D eigenvalue weighted by Gasteiger charge is -2.16. The Bertz CT molecular complexity index is 1060. The van der Waals surface area contributed by atoms with Crippen LogP contribution < -0.4 is 9.47 Å². The Morgan fingerprint density at radius 2 is 2.04 bits per heavy atom. The van der Waals surface area contributed by atoms with Crippen LogP contribution in [0.2, 0.25) is 0 Å². The minimum Gasteiger partial charge on any atom is -0.395 e. The number of alkyl halides is 2. The Morgan fingerprint density at radius 1 is 1.21 bits per heavy atom. The predicted molar refractivity (Wildman–Crippen MR) is 105 cm³/mol. The molecular formula is C21H18F2N2O2S. The summed E-state index contributed by atoms with van der Waals surface area (Å²) in [6.45, 7) is 0. The van der Waals surface area contributed by atoms with Gasteiger partial charge in [-0.1, -0.05) is 24.3 Å². The summed E-state index contributed by atoms with van der Waals surface area (Å²) >= 11 is 1.75. The number of nitrogens with one attached hydrogen (secondary N) is 1. The molecule has 0 spiro atoms. The normalized spacial score (nSPS) is 15.5. The van der Waals surface area contributed by atoms with Gasteiger partial charge in [-0.15, -0.1) is 8.78 Å². The van der Waals surface area contributed by atoms with E-state index in [1.54, 1.807) is 23.9 Å². The van der Waals surface area contributed by atoms with Gasteiger partial charge in [0.25, 0.3) is 0 Å². The lowest BCUT2D eigenvalue weighted by Crippen LogP contribution is -2.25. The average molecular weight is 400 g/mol. The monoisotopic (exact) mass is 400 g/mol. The number of aromatic nitrogens is 1. The Hall–Kier alpha value is -2.72. The number of nitrogens with zero attached hydrogens (tertiary/aromatic N) is 1. The average Bonchev–Trinajstić information content (AvgIpc) is 3.22. The Balaban J connectivity index is 1.77. The van der Waals surface area contributed by atoms with E-state index in [0.29, 0.717) is 12.8 Å². The molecular weight excluding hydrogens is 382 g/mol. The van der Waals surface area contributed by atoms with Gasteiger partial charge in [0, 0.05) is 35.2 Å².